The molecule has 4 rings (SSSR count). The molecule has 1 N–H and O–H groups in total. The SMILES string of the molecule is O=C(Nc1ccccc1Br)N1CCc2nc(-c3ccc(F)cc3)ncc2C1. The largest absolute Gasteiger partial charge is 0.322 e. The maximum atomic E-state index is 13.1. The maximum Gasteiger partial charge on any atom is 0.322 e. The van der Waals surface area contributed by atoms with Crippen molar-refractivity contribution in [3.63, 3.8) is 0 Å². The Balaban J connectivity index is 1.49. The summed E-state index contributed by atoms with van der Waals surface area (Å²) in [5, 5.41) is 2.92. The van der Waals surface area contributed by atoms with Gasteiger partial charge in [-0.3, -0.25) is 0 Å². The van der Waals surface area contributed by atoms with Gasteiger partial charge in [-0.05, 0) is 52.3 Å². The van der Waals surface area contributed by atoms with E-state index in [1.165, 1.54) is 12.1 Å². The predicted molar refractivity (Wildman–Crippen MR) is 105 cm³/mol. The van der Waals surface area contributed by atoms with Gasteiger partial charge < -0.3 is 10.2 Å². The Bertz CT molecular complexity index is 994. The average molecular weight is 427 g/mol. The number of anilines is 1. The molecule has 1 aliphatic rings. The van der Waals surface area contributed by atoms with Gasteiger partial charge in [-0.2, -0.15) is 0 Å². The van der Waals surface area contributed by atoms with E-state index < -0.39 is 0 Å². The van der Waals surface area contributed by atoms with Crippen molar-refractivity contribution in [1.29, 1.82) is 0 Å². The zero-order chi connectivity index (χ0) is 18.8. The molecule has 1 aromatic heterocycles. The summed E-state index contributed by atoms with van der Waals surface area (Å²) in [6.07, 6.45) is 2.40. The van der Waals surface area contributed by atoms with Crippen molar-refractivity contribution >= 4 is 27.6 Å². The lowest BCUT2D eigenvalue weighted by Crippen LogP contribution is -2.39. The summed E-state index contributed by atoms with van der Waals surface area (Å²) in [7, 11) is 0. The standard InChI is InChI=1S/C20H16BrFN4O/c21-16-3-1-2-4-18(16)25-20(27)26-10-9-17-14(12-26)11-23-19(24-17)13-5-7-15(22)8-6-13/h1-8,11H,9-10,12H2,(H,25,27). The number of aromatic nitrogens is 2. The van der Waals surface area contributed by atoms with Gasteiger partial charge in [0, 0.05) is 34.8 Å². The van der Waals surface area contributed by atoms with Crippen LogP contribution in [0.15, 0.2) is 59.2 Å². The molecule has 0 saturated heterocycles. The molecule has 0 unspecified atom stereocenters. The van der Waals surface area contributed by atoms with Crippen molar-refractivity contribution in [1.82, 2.24) is 14.9 Å². The Morgan fingerprint density at radius 2 is 1.93 bits per heavy atom. The monoisotopic (exact) mass is 426 g/mol. The molecule has 2 heterocycles. The van der Waals surface area contributed by atoms with Crippen molar-refractivity contribution in [2.75, 3.05) is 11.9 Å². The van der Waals surface area contributed by atoms with E-state index in [2.05, 4.69) is 31.2 Å². The van der Waals surface area contributed by atoms with Gasteiger partial charge in [0.1, 0.15) is 5.82 Å². The molecule has 0 bridgehead atoms. The fourth-order valence-corrected chi connectivity index (χ4v) is 3.37. The Kier molecular flexibility index (Phi) is 4.85. The van der Waals surface area contributed by atoms with Crippen LogP contribution in [0.3, 0.4) is 0 Å². The number of urea groups is 1. The summed E-state index contributed by atoms with van der Waals surface area (Å²) >= 11 is 3.43. The van der Waals surface area contributed by atoms with Crippen molar-refractivity contribution in [2.45, 2.75) is 13.0 Å². The van der Waals surface area contributed by atoms with Crippen molar-refractivity contribution < 1.29 is 9.18 Å². The van der Waals surface area contributed by atoms with Gasteiger partial charge in [-0.25, -0.2) is 19.2 Å². The maximum absolute atomic E-state index is 13.1. The number of carbonyl (C=O) groups excluding carboxylic acids is 1. The number of hydrogen-bond donors (Lipinski definition) is 1. The van der Waals surface area contributed by atoms with E-state index in [4.69, 9.17) is 0 Å². The normalized spacial score (nSPS) is 13.2. The smallest absolute Gasteiger partial charge is 0.320 e. The highest BCUT2D eigenvalue weighted by Gasteiger charge is 2.23. The number of amides is 2. The first-order valence-electron chi connectivity index (χ1n) is 8.51. The van der Waals surface area contributed by atoms with Crippen LogP contribution >= 0.6 is 15.9 Å². The van der Waals surface area contributed by atoms with Crippen LogP contribution in [0.2, 0.25) is 0 Å². The van der Waals surface area contributed by atoms with E-state index in [1.807, 2.05) is 24.3 Å². The molecule has 1 aliphatic heterocycles. The molecule has 2 aromatic carbocycles. The van der Waals surface area contributed by atoms with Crippen molar-refractivity contribution in [3.8, 4) is 11.4 Å². The minimum Gasteiger partial charge on any atom is -0.320 e. The molecule has 7 heteroatoms. The quantitative estimate of drug-likeness (QED) is 0.649. The molecule has 0 aliphatic carbocycles. The van der Waals surface area contributed by atoms with Gasteiger partial charge in [-0.1, -0.05) is 12.1 Å². The van der Waals surface area contributed by atoms with Gasteiger partial charge in [0.05, 0.1) is 17.9 Å². The van der Waals surface area contributed by atoms with Crippen LogP contribution < -0.4 is 5.32 Å². The Hall–Kier alpha value is -2.80. The first kappa shape index (κ1) is 17.6. The van der Waals surface area contributed by atoms with E-state index in [0.29, 0.717) is 25.3 Å². The summed E-state index contributed by atoms with van der Waals surface area (Å²) in [5.41, 5.74) is 3.35. The lowest BCUT2D eigenvalue weighted by Gasteiger charge is -2.28. The third kappa shape index (κ3) is 3.83. The molecule has 0 atom stereocenters. The average Bonchev–Trinajstić information content (AvgIpc) is 2.69. The van der Waals surface area contributed by atoms with E-state index in [0.717, 1.165) is 27.0 Å². The Morgan fingerprint density at radius 3 is 2.70 bits per heavy atom. The third-order valence-corrected chi connectivity index (χ3v) is 5.13. The van der Waals surface area contributed by atoms with Gasteiger partial charge in [0.15, 0.2) is 5.82 Å². The van der Waals surface area contributed by atoms with Gasteiger partial charge in [0.2, 0.25) is 0 Å². The Labute approximate surface area is 164 Å². The molecule has 0 radical (unpaired) electrons. The summed E-state index contributed by atoms with van der Waals surface area (Å²) in [6.45, 7) is 1.03. The summed E-state index contributed by atoms with van der Waals surface area (Å²) in [4.78, 5) is 23.3. The molecule has 136 valence electrons. The second kappa shape index (κ2) is 7.44. The number of benzene rings is 2. The number of nitrogens with zero attached hydrogens (tertiary/aromatic N) is 3. The predicted octanol–water partition coefficient (Wildman–Crippen LogP) is 4.64. The van der Waals surface area contributed by atoms with Crippen LogP contribution in [0.25, 0.3) is 11.4 Å². The lowest BCUT2D eigenvalue weighted by molar-refractivity contribution is 0.206. The number of halogens is 2. The van der Waals surface area contributed by atoms with Crippen LogP contribution in [-0.4, -0.2) is 27.4 Å². The minimum atomic E-state index is -0.289. The molecule has 3 aromatic rings. The molecule has 0 saturated carbocycles. The zero-order valence-corrected chi connectivity index (χ0v) is 15.9. The summed E-state index contributed by atoms with van der Waals surface area (Å²) < 4.78 is 13.9. The van der Waals surface area contributed by atoms with Crippen LogP contribution in [0.5, 0.6) is 0 Å². The molecule has 5 nitrogen and oxygen atoms in total. The number of para-hydroxylation sites is 1. The highest BCUT2D eigenvalue weighted by atomic mass is 79.9. The zero-order valence-electron chi connectivity index (χ0n) is 14.3. The highest BCUT2D eigenvalue weighted by Crippen LogP contribution is 2.24. The van der Waals surface area contributed by atoms with E-state index in [9.17, 15) is 9.18 Å². The second-order valence-corrected chi connectivity index (χ2v) is 7.11. The van der Waals surface area contributed by atoms with Gasteiger partial charge in [-0.15, -0.1) is 0 Å². The number of fused-ring (bicyclic) bond motifs is 1. The van der Waals surface area contributed by atoms with Crippen LogP contribution in [0.1, 0.15) is 11.3 Å². The van der Waals surface area contributed by atoms with Crippen LogP contribution in [-0.2, 0) is 13.0 Å². The number of nitrogens with one attached hydrogen (secondary N) is 1. The number of rotatable bonds is 2. The first-order chi connectivity index (χ1) is 13.1. The van der Waals surface area contributed by atoms with E-state index >= 15 is 0 Å². The highest BCUT2D eigenvalue weighted by molar-refractivity contribution is 9.10. The summed E-state index contributed by atoms with van der Waals surface area (Å²) in [5.74, 6) is 0.281. The molecule has 27 heavy (non-hydrogen) atoms. The second-order valence-electron chi connectivity index (χ2n) is 6.25. The molecular weight excluding hydrogens is 411 g/mol. The lowest BCUT2D eigenvalue weighted by atomic mass is 10.1. The number of hydrogen-bond acceptors (Lipinski definition) is 3. The topological polar surface area (TPSA) is 58.1 Å². The Morgan fingerprint density at radius 1 is 1.15 bits per heavy atom. The molecular formula is C20H16BrFN4O. The van der Waals surface area contributed by atoms with E-state index in [1.54, 1.807) is 23.2 Å². The van der Waals surface area contributed by atoms with Gasteiger partial charge >= 0.3 is 6.03 Å². The van der Waals surface area contributed by atoms with E-state index in [-0.39, 0.29) is 11.8 Å². The molecule has 0 fully saturated rings. The molecule has 2 amide bonds. The van der Waals surface area contributed by atoms with Crippen LogP contribution in [0.4, 0.5) is 14.9 Å². The fourth-order valence-electron chi connectivity index (χ4n) is 2.98. The summed E-state index contributed by atoms with van der Waals surface area (Å²) in [6, 6.07) is 13.5. The fraction of sp³-hybridized carbons (Fsp3) is 0.150. The third-order valence-electron chi connectivity index (χ3n) is 4.44. The van der Waals surface area contributed by atoms with Crippen LogP contribution in [0, 0.1) is 5.82 Å². The minimum absolute atomic E-state index is 0.157. The van der Waals surface area contributed by atoms with Crippen molar-refractivity contribution in [3.05, 3.63) is 76.3 Å². The first-order valence-corrected chi connectivity index (χ1v) is 9.30. The number of carbonyl (C=O) groups is 1. The molecule has 0 spiro atoms. The van der Waals surface area contributed by atoms with Gasteiger partial charge in [0.25, 0.3) is 0 Å². The van der Waals surface area contributed by atoms with Crippen molar-refractivity contribution in [2.24, 2.45) is 0 Å².